The molecule has 0 fully saturated rings. The summed E-state index contributed by atoms with van der Waals surface area (Å²) in [6, 6.07) is 32.5. The fourth-order valence-electron chi connectivity index (χ4n) is 3.84. The Morgan fingerprint density at radius 3 is 1.81 bits per heavy atom. The van der Waals surface area contributed by atoms with Crippen LogP contribution in [0.5, 0.6) is 0 Å². The minimum atomic E-state index is -0.442. The van der Waals surface area contributed by atoms with Crippen molar-refractivity contribution in [2.24, 2.45) is 0 Å². The van der Waals surface area contributed by atoms with Gasteiger partial charge in [-0.1, -0.05) is 91.0 Å². The molecule has 4 rings (SSSR count). The molecule has 0 aliphatic carbocycles. The van der Waals surface area contributed by atoms with Crippen LogP contribution in [0.4, 0.5) is 5.82 Å². The van der Waals surface area contributed by atoms with Crippen molar-refractivity contribution in [2.45, 2.75) is 20.0 Å². The van der Waals surface area contributed by atoms with Gasteiger partial charge in [0.15, 0.2) is 5.69 Å². The lowest BCUT2D eigenvalue weighted by molar-refractivity contribution is 0.0594. The van der Waals surface area contributed by atoms with Crippen LogP contribution in [0.3, 0.4) is 0 Å². The number of carbonyl (C=O) groups is 1. The quantitative estimate of drug-likeness (QED) is 0.340. The summed E-state index contributed by atoms with van der Waals surface area (Å²) in [6.45, 7) is 3.40. The molecule has 0 unspecified atom stereocenters. The average molecular weight is 423 g/mol. The third-order valence-corrected chi connectivity index (χ3v) is 5.46. The molecule has 0 atom stereocenters. The standard InChI is InChI=1S/C28H26N2O2/c1-21-25(24-16-10-5-11-17-24)18-26(28(31)32-2)29-27(21)30(19-22-12-6-3-7-13-22)20-23-14-8-4-9-15-23/h3-18H,19-20H2,1-2H3. The number of esters is 1. The lowest BCUT2D eigenvalue weighted by atomic mass is 9.99. The maximum atomic E-state index is 12.5. The summed E-state index contributed by atoms with van der Waals surface area (Å²) in [6.07, 6.45) is 0. The van der Waals surface area contributed by atoms with Crippen LogP contribution in [0.25, 0.3) is 11.1 Å². The van der Waals surface area contributed by atoms with Gasteiger partial charge in [-0.3, -0.25) is 0 Å². The molecule has 160 valence electrons. The van der Waals surface area contributed by atoms with Gasteiger partial charge in [0.1, 0.15) is 5.82 Å². The van der Waals surface area contributed by atoms with Crippen molar-refractivity contribution in [3.63, 3.8) is 0 Å². The van der Waals surface area contributed by atoms with Gasteiger partial charge in [-0.15, -0.1) is 0 Å². The van der Waals surface area contributed by atoms with Crippen molar-refractivity contribution in [3.8, 4) is 11.1 Å². The van der Waals surface area contributed by atoms with Crippen LogP contribution in [-0.2, 0) is 17.8 Å². The zero-order valence-corrected chi connectivity index (χ0v) is 18.4. The minimum Gasteiger partial charge on any atom is -0.464 e. The highest BCUT2D eigenvalue weighted by Gasteiger charge is 2.20. The van der Waals surface area contributed by atoms with E-state index in [9.17, 15) is 4.79 Å². The molecule has 4 aromatic rings. The highest BCUT2D eigenvalue weighted by atomic mass is 16.5. The molecule has 4 heteroatoms. The van der Waals surface area contributed by atoms with E-state index in [0.717, 1.165) is 22.5 Å². The van der Waals surface area contributed by atoms with E-state index in [1.165, 1.54) is 18.2 Å². The van der Waals surface area contributed by atoms with Gasteiger partial charge in [0.25, 0.3) is 0 Å². The number of aromatic nitrogens is 1. The molecule has 0 N–H and O–H groups in total. The zero-order chi connectivity index (χ0) is 22.3. The lowest BCUT2D eigenvalue weighted by Crippen LogP contribution is -2.25. The number of benzene rings is 3. The van der Waals surface area contributed by atoms with E-state index in [-0.39, 0.29) is 0 Å². The second-order valence-electron chi connectivity index (χ2n) is 7.69. The SMILES string of the molecule is COC(=O)c1cc(-c2ccccc2)c(C)c(N(Cc2ccccc2)Cc2ccccc2)n1. The Morgan fingerprint density at radius 2 is 1.31 bits per heavy atom. The Kier molecular flexibility index (Phi) is 6.61. The molecular formula is C28H26N2O2. The molecule has 1 heterocycles. The zero-order valence-electron chi connectivity index (χ0n) is 18.4. The van der Waals surface area contributed by atoms with Gasteiger partial charge in [0.05, 0.1) is 7.11 Å². The molecular weight excluding hydrogens is 396 g/mol. The van der Waals surface area contributed by atoms with Crippen LogP contribution in [0, 0.1) is 6.92 Å². The number of methoxy groups -OCH3 is 1. The molecule has 0 saturated heterocycles. The van der Waals surface area contributed by atoms with Crippen molar-refractivity contribution in [1.29, 1.82) is 0 Å². The molecule has 0 bridgehead atoms. The smallest absolute Gasteiger partial charge is 0.356 e. The van der Waals surface area contributed by atoms with Crippen molar-refractivity contribution >= 4 is 11.8 Å². The highest BCUT2D eigenvalue weighted by Crippen LogP contribution is 2.32. The van der Waals surface area contributed by atoms with Gasteiger partial charge in [-0.25, -0.2) is 9.78 Å². The third kappa shape index (κ3) is 4.86. The first-order valence-corrected chi connectivity index (χ1v) is 10.6. The fraction of sp³-hybridized carbons (Fsp3) is 0.143. The Hall–Kier alpha value is -3.92. The summed E-state index contributed by atoms with van der Waals surface area (Å²) in [5.41, 5.74) is 5.69. The molecule has 0 radical (unpaired) electrons. The summed E-state index contributed by atoms with van der Waals surface area (Å²) >= 11 is 0. The van der Waals surface area contributed by atoms with E-state index in [0.29, 0.717) is 18.8 Å². The number of carbonyl (C=O) groups excluding carboxylic acids is 1. The summed E-state index contributed by atoms with van der Waals surface area (Å²) in [7, 11) is 1.39. The monoisotopic (exact) mass is 422 g/mol. The van der Waals surface area contributed by atoms with Crippen LogP contribution in [-0.4, -0.2) is 18.1 Å². The molecule has 1 aromatic heterocycles. The molecule has 3 aromatic carbocycles. The fourth-order valence-corrected chi connectivity index (χ4v) is 3.84. The average Bonchev–Trinajstić information content (AvgIpc) is 2.85. The molecule has 0 aliphatic heterocycles. The molecule has 0 saturated carbocycles. The number of hydrogen-bond donors (Lipinski definition) is 0. The lowest BCUT2D eigenvalue weighted by Gasteiger charge is -2.27. The summed E-state index contributed by atoms with van der Waals surface area (Å²) in [4.78, 5) is 19.5. The van der Waals surface area contributed by atoms with Crippen molar-refractivity contribution in [1.82, 2.24) is 4.98 Å². The first-order valence-electron chi connectivity index (χ1n) is 10.6. The summed E-state index contributed by atoms with van der Waals surface area (Å²) in [5.74, 6) is 0.335. The van der Waals surface area contributed by atoms with E-state index in [1.807, 2.05) is 72.8 Å². The Morgan fingerprint density at radius 1 is 0.812 bits per heavy atom. The largest absolute Gasteiger partial charge is 0.464 e. The van der Waals surface area contributed by atoms with E-state index in [2.05, 4.69) is 36.1 Å². The minimum absolute atomic E-state index is 0.304. The van der Waals surface area contributed by atoms with Crippen molar-refractivity contribution in [3.05, 3.63) is 119 Å². The first-order chi connectivity index (χ1) is 15.7. The van der Waals surface area contributed by atoms with Crippen LogP contribution in [0.1, 0.15) is 27.2 Å². The van der Waals surface area contributed by atoms with Gasteiger partial charge >= 0.3 is 5.97 Å². The molecule has 0 spiro atoms. The number of rotatable bonds is 7. The highest BCUT2D eigenvalue weighted by molar-refractivity contribution is 5.90. The number of anilines is 1. The topological polar surface area (TPSA) is 42.4 Å². The normalized spacial score (nSPS) is 10.6. The maximum absolute atomic E-state index is 12.5. The van der Waals surface area contributed by atoms with Gasteiger partial charge in [0, 0.05) is 13.1 Å². The second kappa shape index (κ2) is 9.92. The summed E-state index contributed by atoms with van der Waals surface area (Å²) < 4.78 is 5.02. The number of nitrogens with zero attached hydrogens (tertiary/aromatic N) is 2. The number of hydrogen-bond acceptors (Lipinski definition) is 4. The van der Waals surface area contributed by atoms with Gasteiger partial charge in [-0.05, 0) is 40.8 Å². The molecule has 0 aliphatic rings. The van der Waals surface area contributed by atoms with Crippen LogP contribution in [0.15, 0.2) is 97.1 Å². The predicted molar refractivity (Wildman–Crippen MR) is 129 cm³/mol. The maximum Gasteiger partial charge on any atom is 0.356 e. The van der Waals surface area contributed by atoms with E-state index < -0.39 is 5.97 Å². The van der Waals surface area contributed by atoms with Crippen LogP contribution < -0.4 is 4.90 Å². The Balaban J connectivity index is 1.85. The van der Waals surface area contributed by atoms with E-state index in [4.69, 9.17) is 9.72 Å². The van der Waals surface area contributed by atoms with Crippen molar-refractivity contribution < 1.29 is 9.53 Å². The molecule has 4 nitrogen and oxygen atoms in total. The second-order valence-corrected chi connectivity index (χ2v) is 7.69. The van der Waals surface area contributed by atoms with Gasteiger partial charge in [-0.2, -0.15) is 0 Å². The molecule has 0 amide bonds. The Bertz CT molecular complexity index is 1130. The number of pyridine rings is 1. The third-order valence-electron chi connectivity index (χ3n) is 5.46. The van der Waals surface area contributed by atoms with Gasteiger partial charge in [0.2, 0.25) is 0 Å². The number of ether oxygens (including phenoxy) is 1. The van der Waals surface area contributed by atoms with Crippen molar-refractivity contribution in [2.75, 3.05) is 12.0 Å². The Labute approximate surface area is 189 Å². The first kappa shape index (κ1) is 21.3. The van der Waals surface area contributed by atoms with E-state index in [1.54, 1.807) is 0 Å². The van der Waals surface area contributed by atoms with E-state index >= 15 is 0 Å². The van der Waals surface area contributed by atoms with Gasteiger partial charge < -0.3 is 9.64 Å². The molecule has 32 heavy (non-hydrogen) atoms. The summed E-state index contributed by atoms with van der Waals surface area (Å²) in [5, 5.41) is 0. The van der Waals surface area contributed by atoms with Crippen LogP contribution >= 0.6 is 0 Å². The van der Waals surface area contributed by atoms with Crippen LogP contribution in [0.2, 0.25) is 0 Å². The predicted octanol–water partition coefficient (Wildman–Crippen LogP) is 6.05.